The fourth-order valence-corrected chi connectivity index (χ4v) is 15.1. The Kier molecular flexibility index (Phi) is 18.1. The summed E-state index contributed by atoms with van der Waals surface area (Å²) in [7, 11) is 0.465. The van der Waals surface area contributed by atoms with Crippen LogP contribution in [0.15, 0.2) is 85.5 Å². The van der Waals surface area contributed by atoms with E-state index >= 15 is 0 Å². The Bertz CT molecular complexity index is 1330. The summed E-state index contributed by atoms with van der Waals surface area (Å²) in [6.45, 7) is 18.7. The number of rotatable bonds is 10. The summed E-state index contributed by atoms with van der Waals surface area (Å²) < 4.78 is 0. The molecule has 0 aliphatic rings. The number of pyridine rings is 4. The van der Waals surface area contributed by atoms with Gasteiger partial charge >= 0.3 is 55.5 Å². The van der Waals surface area contributed by atoms with Gasteiger partial charge in [0, 0.05) is 24.8 Å². The second kappa shape index (κ2) is 21.2. The molecule has 0 aromatic carbocycles. The standard InChI is InChI=1S/2C16H22N2Si.2CHNS.Ru/c2*1-12(2)19(13(3)4)14-8-9-16(18-11-14)15-7-5-6-10-17-15;2*2-1-3;/h2*5-13,19H,1-4H3;2*3H;/q;;;;+2/p-2. The summed E-state index contributed by atoms with van der Waals surface area (Å²) in [4.78, 5) is 17.9. The van der Waals surface area contributed by atoms with Crippen LogP contribution in [0, 0.1) is 21.3 Å². The molecule has 4 aromatic rings. The summed E-state index contributed by atoms with van der Waals surface area (Å²) in [5.41, 5.74) is 6.88. The first-order valence-electron chi connectivity index (χ1n) is 15.1. The maximum atomic E-state index is 7.91. The van der Waals surface area contributed by atoms with E-state index < -0.39 is 17.6 Å². The van der Waals surface area contributed by atoms with Gasteiger partial charge in [-0.3, -0.25) is 19.9 Å². The van der Waals surface area contributed by atoms with E-state index in [9.17, 15) is 0 Å². The summed E-state index contributed by atoms with van der Waals surface area (Å²) in [5, 5.41) is 22.5. The van der Waals surface area contributed by atoms with Gasteiger partial charge < -0.3 is 0 Å². The summed E-state index contributed by atoms with van der Waals surface area (Å²) in [5.74, 6) is 0. The molecule has 0 spiro atoms. The van der Waals surface area contributed by atoms with Crippen molar-refractivity contribution in [2.75, 3.05) is 0 Å². The normalized spacial score (nSPS) is 10.8. The van der Waals surface area contributed by atoms with Crippen molar-refractivity contribution in [1.29, 1.82) is 10.5 Å². The first kappa shape index (κ1) is 38.5. The first-order chi connectivity index (χ1) is 21.6. The van der Waals surface area contributed by atoms with Crippen LogP contribution >= 0.6 is 19.5 Å². The zero-order chi connectivity index (χ0) is 33.2. The van der Waals surface area contributed by atoms with Gasteiger partial charge in [-0.1, -0.05) is 79.7 Å². The minimum atomic E-state index is -0.936. The minimum absolute atomic E-state index is 0.116. The predicted molar refractivity (Wildman–Crippen MR) is 195 cm³/mol. The number of thiocyanates is 2. The zero-order valence-corrected chi connectivity index (χ0v) is 33.1. The van der Waals surface area contributed by atoms with Gasteiger partial charge in [-0.05, 0) is 68.9 Å². The maximum absolute atomic E-state index is 7.91. The second-order valence-corrected chi connectivity index (χ2v) is 26.4. The molecule has 4 heterocycles. The molecule has 0 aliphatic carbocycles. The fourth-order valence-electron chi connectivity index (χ4n) is 5.66. The van der Waals surface area contributed by atoms with Gasteiger partial charge in [0.1, 0.15) is 0 Å². The van der Waals surface area contributed by atoms with Crippen LogP contribution in [0.2, 0.25) is 22.2 Å². The van der Waals surface area contributed by atoms with Crippen molar-refractivity contribution >= 4 is 47.5 Å². The van der Waals surface area contributed by atoms with Crippen molar-refractivity contribution in [1.82, 2.24) is 19.9 Å². The average Bonchev–Trinajstić information content (AvgIpc) is 3.03. The molecular weight excluding hydrogens is 714 g/mol. The third-order valence-electron chi connectivity index (χ3n) is 7.19. The van der Waals surface area contributed by atoms with Crippen molar-refractivity contribution in [3.8, 4) is 33.6 Å². The number of nitrogens with zero attached hydrogens (tertiary/aromatic N) is 6. The van der Waals surface area contributed by atoms with E-state index in [-0.39, 0.29) is 14.7 Å². The van der Waals surface area contributed by atoms with Crippen LogP contribution in [-0.4, -0.2) is 37.5 Å². The molecule has 0 saturated carbocycles. The Hall–Kier alpha value is -2.66. The molecule has 238 valence electrons. The van der Waals surface area contributed by atoms with E-state index in [2.05, 4.69) is 112 Å². The Balaban J connectivity index is 0.000000260. The SMILES string of the molecule is CC(C)[SiH](c1ccc(-c2ccccn2)nc1)C(C)C.CC(C)[SiH](c1ccc(-c2ccccn2)nc1)C(C)C.N#C[S][Ru][S]C#N. The first-order valence-corrected chi connectivity index (χ1v) is 24.5. The Morgan fingerprint density at radius 2 is 0.889 bits per heavy atom. The van der Waals surface area contributed by atoms with Crippen LogP contribution in [0.5, 0.6) is 0 Å². The van der Waals surface area contributed by atoms with Crippen molar-refractivity contribution in [3.63, 3.8) is 0 Å². The molecule has 0 saturated heterocycles. The number of aromatic nitrogens is 4. The average molecular weight is 758 g/mol. The van der Waals surface area contributed by atoms with E-state index in [1.165, 1.54) is 29.9 Å². The molecule has 0 bridgehead atoms. The van der Waals surface area contributed by atoms with E-state index in [4.69, 9.17) is 10.5 Å². The van der Waals surface area contributed by atoms with Crippen LogP contribution in [0.1, 0.15) is 55.4 Å². The van der Waals surface area contributed by atoms with Crippen LogP contribution in [0.4, 0.5) is 0 Å². The molecule has 4 aromatic heterocycles. The van der Waals surface area contributed by atoms with E-state index in [0.29, 0.717) is 0 Å². The van der Waals surface area contributed by atoms with Crippen LogP contribution in [0.25, 0.3) is 22.8 Å². The van der Waals surface area contributed by atoms with Crippen molar-refractivity contribution in [2.24, 2.45) is 0 Å². The molecule has 0 N–H and O–H groups in total. The van der Waals surface area contributed by atoms with Gasteiger partial charge in [0.05, 0.1) is 40.4 Å². The number of hydrogen-bond donors (Lipinski definition) is 0. The second-order valence-electron chi connectivity index (χ2n) is 11.8. The number of nitriles is 2. The van der Waals surface area contributed by atoms with Crippen LogP contribution in [0.3, 0.4) is 0 Å². The third kappa shape index (κ3) is 13.3. The van der Waals surface area contributed by atoms with Gasteiger partial charge in [0.2, 0.25) is 0 Å². The molecular formula is C34H44N6RuS2Si2. The number of hydrogen-bond acceptors (Lipinski definition) is 8. The molecule has 0 fully saturated rings. The van der Waals surface area contributed by atoms with Crippen molar-refractivity contribution < 1.29 is 14.7 Å². The molecule has 0 amide bonds. The topological polar surface area (TPSA) is 99.1 Å². The Labute approximate surface area is 287 Å². The van der Waals surface area contributed by atoms with Crippen LogP contribution in [-0.2, 0) is 14.7 Å². The molecule has 4 rings (SSSR count). The van der Waals surface area contributed by atoms with E-state index in [1.807, 2.05) is 59.6 Å². The monoisotopic (exact) mass is 758 g/mol. The molecule has 6 nitrogen and oxygen atoms in total. The quantitative estimate of drug-likeness (QED) is 0.0909. The molecule has 0 unspecified atom stereocenters. The van der Waals surface area contributed by atoms with Crippen molar-refractivity contribution in [2.45, 2.75) is 77.6 Å². The molecule has 0 aliphatic heterocycles. The predicted octanol–water partition coefficient (Wildman–Crippen LogP) is 8.12. The van der Waals surface area contributed by atoms with Gasteiger partial charge in [0.15, 0.2) is 0 Å². The van der Waals surface area contributed by atoms with Gasteiger partial charge in [-0.2, -0.15) is 0 Å². The molecule has 11 heteroatoms. The molecule has 45 heavy (non-hydrogen) atoms. The zero-order valence-electron chi connectivity index (χ0n) is 27.4. The van der Waals surface area contributed by atoms with Gasteiger partial charge in [0.25, 0.3) is 0 Å². The van der Waals surface area contributed by atoms with Crippen LogP contribution < -0.4 is 10.4 Å². The van der Waals surface area contributed by atoms with Gasteiger partial charge in [-0.15, -0.1) is 0 Å². The van der Waals surface area contributed by atoms with E-state index in [0.717, 1.165) is 44.9 Å². The Morgan fingerprint density at radius 1 is 0.533 bits per heavy atom. The van der Waals surface area contributed by atoms with Crippen molar-refractivity contribution in [3.05, 3.63) is 85.5 Å². The summed E-state index contributed by atoms with van der Waals surface area (Å²) in [6.07, 6.45) is 7.76. The summed E-state index contributed by atoms with van der Waals surface area (Å²) >= 11 is -0.116. The van der Waals surface area contributed by atoms with E-state index in [1.54, 1.807) is 0 Å². The Morgan fingerprint density at radius 3 is 1.13 bits per heavy atom. The summed E-state index contributed by atoms with van der Waals surface area (Å²) in [6, 6.07) is 20.6. The molecule has 0 atom stereocenters. The fraction of sp³-hybridized carbons (Fsp3) is 0.353. The molecule has 0 radical (unpaired) electrons. The third-order valence-corrected chi connectivity index (χ3v) is 19.3. The van der Waals surface area contributed by atoms with Gasteiger partial charge in [-0.25, -0.2) is 0 Å².